The molecule has 2 saturated heterocycles. The van der Waals surface area contributed by atoms with Gasteiger partial charge in [-0.05, 0) is 86.8 Å². The SMILES string of the molecule is COc1cc(C(=O)N2CC3CCC2[C@@H]3N)cc2nc(-c3cc4ccc(Cl)cc4n3CC3CC3)n(CC3CN(c4ccnc(C5CC5)n4)C3)c12. The molecular formula is C38H41ClN8O2. The van der Waals surface area contributed by atoms with Gasteiger partial charge in [-0.3, -0.25) is 4.79 Å². The van der Waals surface area contributed by atoms with E-state index in [1.807, 2.05) is 35.4 Å². The number of nitrogens with zero attached hydrogens (tertiary/aromatic N) is 7. The first-order valence-corrected chi connectivity index (χ1v) is 18.3. The lowest BCUT2D eigenvalue weighted by atomic mass is 9.99. The van der Waals surface area contributed by atoms with E-state index in [2.05, 4.69) is 37.2 Å². The number of carbonyl (C=O) groups is 1. The third-order valence-corrected chi connectivity index (χ3v) is 12.0. The summed E-state index contributed by atoms with van der Waals surface area (Å²) in [5.74, 6) is 5.52. The number of hydrogen-bond acceptors (Lipinski definition) is 7. The van der Waals surface area contributed by atoms with Gasteiger partial charge in [0.05, 0.1) is 23.8 Å². The molecule has 3 aromatic heterocycles. The van der Waals surface area contributed by atoms with E-state index in [-0.39, 0.29) is 18.0 Å². The molecule has 2 unspecified atom stereocenters. The Labute approximate surface area is 290 Å². The largest absolute Gasteiger partial charge is 0.494 e. The maximum absolute atomic E-state index is 14.0. The zero-order valence-electron chi connectivity index (χ0n) is 27.8. The van der Waals surface area contributed by atoms with Crippen LogP contribution in [0.2, 0.25) is 5.02 Å². The van der Waals surface area contributed by atoms with Crippen LogP contribution in [0.1, 0.15) is 60.6 Å². The maximum Gasteiger partial charge on any atom is 0.254 e. The van der Waals surface area contributed by atoms with Crippen molar-refractivity contribution in [1.82, 2.24) is 29.0 Å². The highest BCUT2D eigenvalue weighted by Crippen LogP contribution is 2.42. The lowest BCUT2D eigenvalue weighted by molar-refractivity contribution is 0.0700. The molecule has 10 nitrogen and oxygen atoms in total. The maximum atomic E-state index is 14.0. The van der Waals surface area contributed by atoms with E-state index < -0.39 is 0 Å². The monoisotopic (exact) mass is 676 g/mol. The summed E-state index contributed by atoms with van der Waals surface area (Å²) < 4.78 is 10.8. The van der Waals surface area contributed by atoms with E-state index in [0.717, 1.165) is 95.7 Å². The van der Waals surface area contributed by atoms with Gasteiger partial charge < -0.3 is 29.4 Å². The number of amides is 1. The minimum Gasteiger partial charge on any atom is -0.494 e. The third kappa shape index (κ3) is 5.01. The van der Waals surface area contributed by atoms with Gasteiger partial charge in [0, 0.05) is 78.8 Å². The van der Waals surface area contributed by atoms with Crippen LogP contribution in [0.25, 0.3) is 33.5 Å². The van der Waals surface area contributed by atoms with Crippen molar-refractivity contribution >= 4 is 45.3 Å². The van der Waals surface area contributed by atoms with Crippen LogP contribution in [0.5, 0.6) is 5.75 Å². The minimum atomic E-state index is 0.0153. The van der Waals surface area contributed by atoms with Crippen LogP contribution < -0.4 is 15.4 Å². The second-order valence-electron chi connectivity index (χ2n) is 15.1. The molecule has 3 saturated carbocycles. The van der Waals surface area contributed by atoms with E-state index in [1.165, 1.54) is 25.7 Å². The number of carbonyl (C=O) groups excluding carboxylic acids is 1. The van der Waals surface area contributed by atoms with Crippen LogP contribution in [0, 0.1) is 17.8 Å². The number of rotatable bonds is 9. The molecule has 2 bridgehead atoms. The number of benzene rings is 2. The van der Waals surface area contributed by atoms with Gasteiger partial charge in [-0.15, -0.1) is 0 Å². The molecule has 3 aliphatic carbocycles. The second-order valence-corrected chi connectivity index (χ2v) is 15.6. The summed E-state index contributed by atoms with van der Waals surface area (Å²) in [6, 6.07) is 14.5. The van der Waals surface area contributed by atoms with Gasteiger partial charge in [-0.25, -0.2) is 15.0 Å². The van der Waals surface area contributed by atoms with E-state index in [1.54, 1.807) is 7.11 Å². The molecule has 5 heterocycles. The average molecular weight is 677 g/mol. The third-order valence-electron chi connectivity index (χ3n) is 11.7. The van der Waals surface area contributed by atoms with Crippen molar-refractivity contribution in [3.8, 4) is 17.3 Å². The van der Waals surface area contributed by atoms with Crippen LogP contribution in [-0.4, -0.2) is 73.7 Å². The number of imidazole rings is 1. The highest BCUT2D eigenvalue weighted by atomic mass is 35.5. The smallest absolute Gasteiger partial charge is 0.254 e. The summed E-state index contributed by atoms with van der Waals surface area (Å²) in [7, 11) is 1.69. The number of ether oxygens (including phenoxy) is 1. The Morgan fingerprint density at radius 2 is 1.78 bits per heavy atom. The van der Waals surface area contributed by atoms with Gasteiger partial charge in [0.2, 0.25) is 0 Å². The standard InChI is InChI=1S/C38H41ClN8O2/c1-49-32-14-26(38(48)46-20-25-7-9-29(46)34(25)40)12-28-35(32)47(19-22-16-44(17-22)33-10-11-41-36(43-33)23-4-5-23)37(42-28)31-13-24-6-8-27(39)15-30(24)45(31)18-21-2-3-21/h6,8,10-15,21-23,25,29,34H,2-5,7,9,16-20,40H2,1H3/t25?,29?,34-/m1/s1. The van der Waals surface area contributed by atoms with Crippen molar-refractivity contribution in [1.29, 1.82) is 0 Å². The Morgan fingerprint density at radius 3 is 2.51 bits per heavy atom. The number of halogens is 1. The Morgan fingerprint density at radius 1 is 0.939 bits per heavy atom. The van der Waals surface area contributed by atoms with Gasteiger partial charge >= 0.3 is 0 Å². The Balaban J connectivity index is 1.06. The summed E-state index contributed by atoms with van der Waals surface area (Å²) in [6.07, 6.45) is 8.83. The number of hydrogen-bond donors (Lipinski definition) is 1. The first-order valence-electron chi connectivity index (χ1n) is 17.9. The molecule has 49 heavy (non-hydrogen) atoms. The molecule has 2 aromatic carbocycles. The number of methoxy groups -OCH3 is 1. The lowest BCUT2D eigenvalue weighted by Gasteiger charge is -2.40. The predicted molar refractivity (Wildman–Crippen MR) is 190 cm³/mol. The Kier molecular flexibility index (Phi) is 6.79. The quantitative estimate of drug-likeness (QED) is 0.201. The number of likely N-dealkylation sites (tertiary alicyclic amines) is 1. The van der Waals surface area contributed by atoms with Crippen molar-refractivity contribution < 1.29 is 9.53 Å². The molecule has 2 N–H and O–H groups in total. The summed E-state index contributed by atoms with van der Waals surface area (Å²) >= 11 is 6.55. The van der Waals surface area contributed by atoms with Crippen molar-refractivity contribution in [3.05, 3.63) is 65.1 Å². The van der Waals surface area contributed by atoms with Gasteiger partial charge in [-0.2, -0.15) is 0 Å². The molecule has 5 aromatic rings. The fourth-order valence-corrected chi connectivity index (χ4v) is 8.87. The minimum absolute atomic E-state index is 0.0153. The molecular weight excluding hydrogens is 636 g/mol. The molecule has 5 fully saturated rings. The van der Waals surface area contributed by atoms with E-state index in [4.69, 9.17) is 32.0 Å². The first kappa shape index (κ1) is 29.7. The molecule has 11 heteroatoms. The number of fused-ring (bicyclic) bond motifs is 4. The van der Waals surface area contributed by atoms with Crippen molar-refractivity contribution in [2.24, 2.45) is 23.5 Å². The highest BCUT2D eigenvalue weighted by Gasteiger charge is 2.47. The van der Waals surface area contributed by atoms with Gasteiger partial charge in [-0.1, -0.05) is 17.7 Å². The fraction of sp³-hybridized carbons (Fsp3) is 0.474. The second kappa shape index (κ2) is 11.2. The van der Waals surface area contributed by atoms with Crippen LogP contribution in [-0.2, 0) is 13.1 Å². The van der Waals surface area contributed by atoms with Crippen LogP contribution >= 0.6 is 11.6 Å². The van der Waals surface area contributed by atoms with Crippen LogP contribution in [0.15, 0.2) is 48.7 Å². The van der Waals surface area contributed by atoms with Crippen molar-refractivity contribution in [2.75, 3.05) is 31.6 Å². The molecule has 10 rings (SSSR count). The predicted octanol–water partition coefficient (Wildman–Crippen LogP) is 6.10. The summed E-state index contributed by atoms with van der Waals surface area (Å²) in [6.45, 7) is 4.22. The lowest BCUT2D eigenvalue weighted by Crippen LogP contribution is -2.49. The van der Waals surface area contributed by atoms with Crippen LogP contribution in [0.3, 0.4) is 0 Å². The Hall–Kier alpha value is -4.15. The first-order chi connectivity index (χ1) is 23.9. The van der Waals surface area contributed by atoms with Crippen molar-refractivity contribution in [2.45, 2.75) is 69.6 Å². The van der Waals surface area contributed by atoms with Crippen LogP contribution in [0.4, 0.5) is 5.82 Å². The molecule has 0 spiro atoms. The molecule has 1 amide bonds. The normalized spacial score (nSPS) is 23.6. The highest BCUT2D eigenvalue weighted by molar-refractivity contribution is 6.31. The van der Waals surface area contributed by atoms with Gasteiger partial charge in [0.15, 0.2) is 5.82 Å². The molecule has 0 radical (unpaired) electrons. The van der Waals surface area contributed by atoms with E-state index in [9.17, 15) is 4.79 Å². The van der Waals surface area contributed by atoms with Gasteiger partial charge in [0.25, 0.3) is 5.91 Å². The molecule has 2 aliphatic heterocycles. The van der Waals surface area contributed by atoms with E-state index in [0.29, 0.717) is 35.0 Å². The van der Waals surface area contributed by atoms with E-state index >= 15 is 0 Å². The zero-order chi connectivity index (χ0) is 33.0. The summed E-state index contributed by atoms with van der Waals surface area (Å²) in [5.41, 5.74) is 11.0. The fourth-order valence-electron chi connectivity index (χ4n) is 8.71. The summed E-state index contributed by atoms with van der Waals surface area (Å²) in [4.78, 5) is 33.1. The molecule has 5 aliphatic rings. The number of piperidine rings is 1. The Bertz CT molecular complexity index is 2130. The average Bonchev–Trinajstić information content (AvgIpc) is 4.00. The number of nitrogens with two attached hydrogens (primary N) is 1. The van der Waals surface area contributed by atoms with Gasteiger partial charge in [0.1, 0.15) is 22.9 Å². The molecule has 3 atom stereocenters. The topological polar surface area (TPSA) is 107 Å². The van der Waals surface area contributed by atoms with Crippen molar-refractivity contribution in [3.63, 3.8) is 0 Å². The summed E-state index contributed by atoms with van der Waals surface area (Å²) in [5, 5.41) is 1.87. The zero-order valence-corrected chi connectivity index (χ0v) is 28.5. The number of anilines is 1. The molecule has 252 valence electrons. The number of aromatic nitrogens is 5.